The van der Waals surface area contributed by atoms with E-state index in [0.29, 0.717) is 5.92 Å². The van der Waals surface area contributed by atoms with Gasteiger partial charge in [-0.3, -0.25) is 0 Å². The van der Waals surface area contributed by atoms with Gasteiger partial charge in [-0.25, -0.2) is 0 Å². The van der Waals surface area contributed by atoms with E-state index >= 15 is 0 Å². The number of halogens is 1. The summed E-state index contributed by atoms with van der Waals surface area (Å²) >= 11 is 6.25. The fourth-order valence-corrected chi connectivity index (χ4v) is 3.85. The van der Waals surface area contributed by atoms with Crippen molar-refractivity contribution in [1.29, 1.82) is 0 Å². The minimum atomic E-state index is -0.0866. The van der Waals surface area contributed by atoms with Crippen molar-refractivity contribution in [3.05, 3.63) is 34.3 Å². The smallest absolute Gasteiger partial charge is 0.0444 e. The van der Waals surface area contributed by atoms with Crippen LogP contribution in [0.25, 0.3) is 0 Å². The quantitative estimate of drug-likeness (QED) is 0.791. The first kappa shape index (κ1) is 10.6. The summed E-state index contributed by atoms with van der Waals surface area (Å²) in [4.78, 5) is 0. The van der Waals surface area contributed by atoms with Crippen LogP contribution in [-0.4, -0.2) is 0 Å². The van der Waals surface area contributed by atoms with E-state index < -0.39 is 0 Å². The highest BCUT2D eigenvalue weighted by atomic mass is 35.5. The average Bonchev–Trinajstić information content (AvgIpc) is 2.88. The maximum Gasteiger partial charge on any atom is 0.0444 e. The Kier molecular flexibility index (Phi) is 2.49. The van der Waals surface area contributed by atoms with Gasteiger partial charge in [-0.1, -0.05) is 36.6 Å². The Hall–Kier alpha value is -0.530. The second-order valence-corrected chi connectivity index (χ2v) is 5.69. The fraction of sp³-hybridized carbons (Fsp3) is 0.571. The van der Waals surface area contributed by atoms with E-state index in [4.69, 9.17) is 17.3 Å². The van der Waals surface area contributed by atoms with Gasteiger partial charge in [-0.05, 0) is 48.8 Å². The van der Waals surface area contributed by atoms with Gasteiger partial charge in [0.15, 0.2) is 0 Å². The maximum atomic E-state index is 6.69. The molecule has 1 nitrogen and oxygen atoms in total. The molecule has 0 aliphatic heterocycles. The molecule has 2 N–H and O–H groups in total. The van der Waals surface area contributed by atoms with Gasteiger partial charge >= 0.3 is 0 Å². The summed E-state index contributed by atoms with van der Waals surface area (Å²) in [5.41, 5.74) is 9.23. The molecule has 0 spiro atoms. The molecule has 0 heterocycles. The van der Waals surface area contributed by atoms with Crippen molar-refractivity contribution in [3.8, 4) is 0 Å². The lowest BCUT2D eigenvalue weighted by Crippen LogP contribution is -2.41. The van der Waals surface area contributed by atoms with Crippen LogP contribution >= 0.6 is 11.6 Å². The Morgan fingerprint density at radius 2 is 2.00 bits per heavy atom. The Bertz CT molecular complexity index is 409. The molecule has 0 aromatic heterocycles. The summed E-state index contributed by atoms with van der Waals surface area (Å²) in [6.45, 7) is 0. The monoisotopic (exact) mass is 235 g/mol. The Balaban J connectivity index is 2.04. The third-order valence-corrected chi connectivity index (χ3v) is 4.85. The molecule has 0 saturated heterocycles. The van der Waals surface area contributed by atoms with Crippen LogP contribution in [0.2, 0.25) is 5.02 Å². The Morgan fingerprint density at radius 3 is 2.75 bits per heavy atom. The number of hydrogen-bond donors (Lipinski definition) is 1. The minimum absolute atomic E-state index is 0.0866. The molecular weight excluding hydrogens is 218 g/mol. The number of hydrogen-bond acceptors (Lipinski definition) is 1. The van der Waals surface area contributed by atoms with Crippen molar-refractivity contribution >= 4 is 11.6 Å². The van der Waals surface area contributed by atoms with E-state index in [2.05, 4.69) is 6.07 Å². The standard InChI is InChI=1S/C14H18ClN/c15-13-7-3-6-12-11(13)8-9-14(12,16)10-4-1-2-5-10/h3,6-7,10H,1-2,4-5,8-9,16H2. The normalized spacial score (nSPS) is 29.6. The zero-order chi connectivity index (χ0) is 11.2. The van der Waals surface area contributed by atoms with Crippen molar-refractivity contribution in [3.63, 3.8) is 0 Å². The number of nitrogens with two attached hydrogens (primary N) is 1. The van der Waals surface area contributed by atoms with Gasteiger partial charge in [0.05, 0.1) is 0 Å². The van der Waals surface area contributed by atoms with Crippen LogP contribution < -0.4 is 5.73 Å². The lowest BCUT2D eigenvalue weighted by molar-refractivity contribution is 0.278. The molecule has 1 fully saturated rings. The zero-order valence-corrected chi connectivity index (χ0v) is 10.3. The van der Waals surface area contributed by atoms with Crippen LogP contribution in [0.5, 0.6) is 0 Å². The van der Waals surface area contributed by atoms with E-state index in [9.17, 15) is 0 Å². The molecular formula is C14H18ClN. The molecule has 2 heteroatoms. The largest absolute Gasteiger partial charge is 0.321 e. The molecule has 3 rings (SSSR count). The highest BCUT2D eigenvalue weighted by Crippen LogP contribution is 2.47. The van der Waals surface area contributed by atoms with Gasteiger partial charge < -0.3 is 5.73 Å². The molecule has 16 heavy (non-hydrogen) atoms. The van der Waals surface area contributed by atoms with Crippen LogP contribution in [-0.2, 0) is 12.0 Å². The second-order valence-electron chi connectivity index (χ2n) is 5.29. The van der Waals surface area contributed by atoms with Gasteiger partial charge in [0.25, 0.3) is 0 Å². The van der Waals surface area contributed by atoms with Gasteiger partial charge in [0.2, 0.25) is 0 Å². The molecule has 1 unspecified atom stereocenters. The summed E-state index contributed by atoms with van der Waals surface area (Å²) in [5, 5.41) is 0.905. The molecule has 0 bridgehead atoms. The Labute approximate surface area is 102 Å². The summed E-state index contributed by atoms with van der Waals surface area (Å²) in [5.74, 6) is 0.673. The lowest BCUT2D eigenvalue weighted by Gasteiger charge is -2.32. The predicted molar refractivity (Wildman–Crippen MR) is 67.6 cm³/mol. The van der Waals surface area contributed by atoms with Crippen molar-refractivity contribution in [2.24, 2.45) is 11.7 Å². The first-order chi connectivity index (χ1) is 7.72. The highest BCUT2D eigenvalue weighted by molar-refractivity contribution is 6.31. The maximum absolute atomic E-state index is 6.69. The highest BCUT2D eigenvalue weighted by Gasteiger charge is 2.43. The van der Waals surface area contributed by atoms with E-state index in [0.717, 1.165) is 17.9 Å². The summed E-state index contributed by atoms with van der Waals surface area (Å²) < 4.78 is 0. The molecule has 86 valence electrons. The third-order valence-electron chi connectivity index (χ3n) is 4.49. The molecule has 1 aromatic rings. The molecule has 2 aliphatic rings. The van der Waals surface area contributed by atoms with E-state index in [-0.39, 0.29) is 5.54 Å². The molecule has 0 amide bonds. The van der Waals surface area contributed by atoms with Crippen LogP contribution in [0.1, 0.15) is 43.2 Å². The molecule has 1 atom stereocenters. The number of fused-ring (bicyclic) bond motifs is 1. The van der Waals surface area contributed by atoms with Gasteiger partial charge in [0.1, 0.15) is 0 Å². The van der Waals surface area contributed by atoms with Gasteiger partial charge in [-0.2, -0.15) is 0 Å². The third kappa shape index (κ3) is 1.42. The summed E-state index contributed by atoms with van der Waals surface area (Å²) in [7, 11) is 0. The van der Waals surface area contributed by atoms with Crippen molar-refractivity contribution in [2.75, 3.05) is 0 Å². The van der Waals surface area contributed by atoms with Crippen molar-refractivity contribution in [2.45, 2.75) is 44.1 Å². The van der Waals surface area contributed by atoms with Crippen LogP contribution in [0.4, 0.5) is 0 Å². The molecule has 1 aromatic carbocycles. The first-order valence-corrected chi connectivity index (χ1v) is 6.66. The molecule has 0 radical (unpaired) electrons. The number of benzene rings is 1. The van der Waals surface area contributed by atoms with E-state index in [1.807, 2.05) is 12.1 Å². The SMILES string of the molecule is NC1(C2CCCC2)CCc2c(Cl)cccc21. The Morgan fingerprint density at radius 1 is 1.25 bits per heavy atom. The topological polar surface area (TPSA) is 26.0 Å². The predicted octanol–water partition coefficient (Wildman–Crippen LogP) is 3.63. The van der Waals surface area contributed by atoms with Crippen molar-refractivity contribution in [1.82, 2.24) is 0 Å². The summed E-state index contributed by atoms with van der Waals surface area (Å²) in [6.07, 6.45) is 7.42. The summed E-state index contributed by atoms with van der Waals surface area (Å²) in [6, 6.07) is 6.22. The van der Waals surface area contributed by atoms with Crippen LogP contribution in [0.15, 0.2) is 18.2 Å². The van der Waals surface area contributed by atoms with Crippen LogP contribution in [0.3, 0.4) is 0 Å². The van der Waals surface area contributed by atoms with Gasteiger partial charge in [0, 0.05) is 10.6 Å². The first-order valence-electron chi connectivity index (χ1n) is 6.28. The lowest BCUT2D eigenvalue weighted by atomic mass is 9.79. The number of rotatable bonds is 1. The molecule has 2 aliphatic carbocycles. The van der Waals surface area contributed by atoms with E-state index in [1.165, 1.54) is 36.8 Å². The van der Waals surface area contributed by atoms with Gasteiger partial charge in [-0.15, -0.1) is 0 Å². The fourth-order valence-electron chi connectivity index (χ4n) is 3.58. The second kappa shape index (κ2) is 3.75. The minimum Gasteiger partial charge on any atom is -0.321 e. The van der Waals surface area contributed by atoms with Crippen molar-refractivity contribution < 1.29 is 0 Å². The van der Waals surface area contributed by atoms with E-state index in [1.54, 1.807) is 0 Å². The molecule has 1 saturated carbocycles. The zero-order valence-electron chi connectivity index (χ0n) is 9.51. The average molecular weight is 236 g/mol. The van der Waals surface area contributed by atoms with Crippen LogP contribution in [0, 0.1) is 5.92 Å².